The summed E-state index contributed by atoms with van der Waals surface area (Å²) in [6.07, 6.45) is 15.8. The smallest absolute Gasteiger partial charge is 0.253 e. The molecule has 248 valence electrons. The zero-order valence-electron chi connectivity index (χ0n) is 27.2. The van der Waals surface area contributed by atoms with Crippen LogP contribution in [0.4, 0.5) is 0 Å². The molecule has 0 unspecified atom stereocenters. The van der Waals surface area contributed by atoms with Crippen LogP contribution < -0.4 is 0 Å². The van der Waals surface area contributed by atoms with E-state index in [0.717, 1.165) is 38.5 Å². The Hall–Kier alpha value is -4.86. The van der Waals surface area contributed by atoms with Gasteiger partial charge in [-0.3, -0.25) is 9.59 Å². The molecular formula is C38H42N6O4. The standard InChI is InChI=1S/C38H42N6O4/c45-37(43-25-9-17-31(43)35-39-33(41-47-35)19-7-15-27-11-3-1-4-12-27)29-21-23-30(24-22-29)38(46)44-26-10-18-32(44)36-40-34(42-48-36)20-8-16-28-13-5-2-6-14-28/h1-6,9-14,17-18,29-32H,7-8,15-16,19-26H2/t29?,30?,31-,32-/m0/s1. The predicted octanol–water partition coefficient (Wildman–Crippen LogP) is 6.19. The maximum absolute atomic E-state index is 13.7. The molecule has 2 atom stereocenters. The van der Waals surface area contributed by atoms with Crippen molar-refractivity contribution >= 4 is 11.8 Å². The summed E-state index contributed by atoms with van der Waals surface area (Å²) in [5.74, 6) is 2.17. The van der Waals surface area contributed by atoms with Gasteiger partial charge in [-0.2, -0.15) is 9.97 Å². The SMILES string of the molecule is O=C(C1CCC(C(=O)N2CC=C[C@H]2c2nc(CCCc3ccccc3)no2)CC1)N1CC=C[C@H]1c1nc(CCCc2ccccc2)no1. The van der Waals surface area contributed by atoms with Gasteiger partial charge in [0.15, 0.2) is 11.6 Å². The predicted molar refractivity (Wildman–Crippen MR) is 178 cm³/mol. The highest BCUT2D eigenvalue weighted by atomic mass is 16.5. The Kier molecular flexibility index (Phi) is 9.86. The molecule has 0 saturated heterocycles. The van der Waals surface area contributed by atoms with Crippen LogP contribution in [0, 0.1) is 11.8 Å². The minimum absolute atomic E-state index is 0.0890. The maximum atomic E-state index is 13.7. The lowest BCUT2D eigenvalue weighted by molar-refractivity contribution is -0.142. The Bertz CT molecular complexity index is 1600. The van der Waals surface area contributed by atoms with E-state index in [1.165, 1.54) is 11.1 Å². The Morgan fingerprint density at radius 1 is 0.604 bits per heavy atom. The molecule has 48 heavy (non-hydrogen) atoms. The summed E-state index contributed by atoms with van der Waals surface area (Å²) in [6.45, 7) is 1.04. The van der Waals surface area contributed by atoms with Crippen molar-refractivity contribution < 1.29 is 18.6 Å². The van der Waals surface area contributed by atoms with Gasteiger partial charge in [0.1, 0.15) is 12.1 Å². The number of carbonyl (C=O) groups excluding carboxylic acids is 2. The molecule has 10 heteroatoms. The van der Waals surface area contributed by atoms with E-state index in [-0.39, 0.29) is 35.7 Å². The van der Waals surface area contributed by atoms with Crippen LogP contribution in [0.5, 0.6) is 0 Å². The van der Waals surface area contributed by atoms with E-state index in [4.69, 9.17) is 9.05 Å². The van der Waals surface area contributed by atoms with Gasteiger partial charge in [0.2, 0.25) is 11.8 Å². The van der Waals surface area contributed by atoms with Crippen molar-refractivity contribution in [1.29, 1.82) is 0 Å². The van der Waals surface area contributed by atoms with E-state index >= 15 is 0 Å². The average Bonchev–Trinajstić information content (AvgIpc) is 3.96. The Morgan fingerprint density at radius 3 is 1.44 bits per heavy atom. The van der Waals surface area contributed by atoms with E-state index in [0.29, 0.717) is 62.2 Å². The van der Waals surface area contributed by atoms with Crippen LogP contribution in [0.1, 0.15) is 85.2 Å². The zero-order valence-corrected chi connectivity index (χ0v) is 27.2. The topological polar surface area (TPSA) is 118 Å². The van der Waals surface area contributed by atoms with E-state index in [1.54, 1.807) is 0 Å². The molecule has 2 aromatic heterocycles. The zero-order chi connectivity index (χ0) is 32.7. The minimum atomic E-state index is -0.346. The third-order valence-corrected chi connectivity index (χ3v) is 9.80. The highest BCUT2D eigenvalue weighted by Gasteiger charge is 2.40. The summed E-state index contributed by atoms with van der Waals surface area (Å²) in [7, 11) is 0. The average molecular weight is 647 g/mol. The Balaban J connectivity index is 0.886. The minimum Gasteiger partial charge on any atom is -0.337 e. The molecule has 2 aliphatic heterocycles. The van der Waals surface area contributed by atoms with Gasteiger partial charge in [0.05, 0.1) is 0 Å². The van der Waals surface area contributed by atoms with Gasteiger partial charge < -0.3 is 18.8 Å². The highest BCUT2D eigenvalue weighted by molar-refractivity contribution is 5.82. The van der Waals surface area contributed by atoms with Gasteiger partial charge in [-0.05, 0) is 62.5 Å². The summed E-state index contributed by atoms with van der Waals surface area (Å²) >= 11 is 0. The fourth-order valence-electron chi connectivity index (χ4n) is 7.15. The summed E-state index contributed by atoms with van der Waals surface area (Å²) in [6, 6.07) is 20.0. The number of hydrogen-bond acceptors (Lipinski definition) is 8. The second kappa shape index (κ2) is 14.9. The molecule has 2 aromatic carbocycles. The first-order chi connectivity index (χ1) is 23.6. The number of carbonyl (C=O) groups is 2. The molecule has 4 aromatic rings. The first-order valence-electron chi connectivity index (χ1n) is 17.3. The van der Waals surface area contributed by atoms with Gasteiger partial charge in [0, 0.05) is 37.8 Å². The first-order valence-corrected chi connectivity index (χ1v) is 17.3. The van der Waals surface area contributed by atoms with Crippen molar-refractivity contribution in [2.45, 2.75) is 76.3 Å². The molecule has 1 aliphatic carbocycles. The molecular weight excluding hydrogens is 604 g/mol. The monoisotopic (exact) mass is 646 g/mol. The number of aryl methyl sites for hydroxylation is 4. The highest BCUT2D eigenvalue weighted by Crippen LogP contribution is 2.37. The van der Waals surface area contributed by atoms with Crippen molar-refractivity contribution in [3.05, 3.63) is 120 Å². The quantitative estimate of drug-likeness (QED) is 0.167. The molecule has 0 spiro atoms. The second-order valence-corrected chi connectivity index (χ2v) is 13.1. The van der Waals surface area contributed by atoms with Crippen LogP contribution in [0.3, 0.4) is 0 Å². The lowest BCUT2D eigenvalue weighted by Crippen LogP contribution is -2.41. The van der Waals surface area contributed by atoms with E-state index in [9.17, 15) is 9.59 Å². The van der Waals surface area contributed by atoms with Gasteiger partial charge in [-0.15, -0.1) is 0 Å². The van der Waals surface area contributed by atoms with Gasteiger partial charge >= 0.3 is 0 Å². The van der Waals surface area contributed by atoms with Crippen LogP contribution in [-0.4, -0.2) is 55.0 Å². The molecule has 7 rings (SSSR count). The van der Waals surface area contributed by atoms with E-state index in [1.807, 2.05) is 70.5 Å². The number of amides is 2. The van der Waals surface area contributed by atoms with Crippen molar-refractivity contribution in [3.63, 3.8) is 0 Å². The van der Waals surface area contributed by atoms with Gasteiger partial charge in [0.25, 0.3) is 11.8 Å². The fraction of sp³-hybridized carbons (Fsp3) is 0.421. The largest absolute Gasteiger partial charge is 0.337 e. The van der Waals surface area contributed by atoms with Crippen molar-refractivity contribution in [1.82, 2.24) is 30.1 Å². The molecule has 3 aliphatic rings. The van der Waals surface area contributed by atoms with Crippen molar-refractivity contribution in [2.75, 3.05) is 13.1 Å². The van der Waals surface area contributed by atoms with Crippen LogP contribution in [-0.2, 0) is 35.3 Å². The van der Waals surface area contributed by atoms with Crippen molar-refractivity contribution in [3.8, 4) is 0 Å². The van der Waals surface area contributed by atoms with E-state index < -0.39 is 0 Å². The second-order valence-electron chi connectivity index (χ2n) is 13.1. The lowest BCUT2D eigenvalue weighted by atomic mass is 9.80. The number of aromatic nitrogens is 4. The third-order valence-electron chi connectivity index (χ3n) is 9.80. The third kappa shape index (κ3) is 7.32. The lowest BCUT2D eigenvalue weighted by Gasteiger charge is -2.34. The van der Waals surface area contributed by atoms with Gasteiger partial charge in [-0.1, -0.05) is 95.3 Å². The van der Waals surface area contributed by atoms with Crippen LogP contribution in [0.25, 0.3) is 0 Å². The number of hydrogen-bond donors (Lipinski definition) is 0. The summed E-state index contributed by atoms with van der Waals surface area (Å²) in [5.41, 5.74) is 2.58. The Labute approximate surface area is 280 Å². The normalized spacial score (nSPS) is 22.1. The van der Waals surface area contributed by atoms with Gasteiger partial charge in [-0.25, -0.2) is 0 Å². The molecule has 0 N–H and O–H groups in total. The maximum Gasteiger partial charge on any atom is 0.253 e. The molecule has 10 nitrogen and oxygen atoms in total. The first kappa shape index (κ1) is 31.7. The number of nitrogens with zero attached hydrogens (tertiary/aromatic N) is 6. The van der Waals surface area contributed by atoms with E-state index in [2.05, 4.69) is 44.5 Å². The molecule has 1 saturated carbocycles. The summed E-state index contributed by atoms with van der Waals surface area (Å²) < 4.78 is 11.3. The van der Waals surface area contributed by atoms with Crippen molar-refractivity contribution in [2.24, 2.45) is 11.8 Å². The molecule has 1 fully saturated rings. The molecule has 0 radical (unpaired) electrons. The van der Waals surface area contributed by atoms with Crippen LogP contribution >= 0.6 is 0 Å². The molecule has 2 amide bonds. The number of rotatable bonds is 12. The summed E-state index contributed by atoms with van der Waals surface area (Å²) in [5, 5.41) is 8.40. The summed E-state index contributed by atoms with van der Waals surface area (Å²) in [4.78, 5) is 40.4. The molecule has 0 bridgehead atoms. The Morgan fingerprint density at radius 2 is 1.02 bits per heavy atom. The van der Waals surface area contributed by atoms with Crippen LogP contribution in [0.15, 0.2) is 94.0 Å². The number of benzene rings is 2. The van der Waals surface area contributed by atoms with Crippen LogP contribution in [0.2, 0.25) is 0 Å². The fourth-order valence-corrected chi connectivity index (χ4v) is 7.15. The molecule has 4 heterocycles.